The molecule has 3 rings (SSSR count). The summed E-state index contributed by atoms with van der Waals surface area (Å²) in [6.07, 6.45) is -3.01. The van der Waals surface area contributed by atoms with Gasteiger partial charge in [-0.25, -0.2) is 4.98 Å². The maximum absolute atomic E-state index is 12.8. The van der Waals surface area contributed by atoms with Crippen molar-refractivity contribution in [2.75, 3.05) is 11.9 Å². The molecule has 0 aliphatic rings. The number of benzene rings is 1. The predicted octanol–water partition coefficient (Wildman–Crippen LogP) is 5.78. The van der Waals surface area contributed by atoms with Crippen LogP contribution in [0.5, 0.6) is 5.75 Å². The molecule has 2 heterocycles. The Kier molecular flexibility index (Phi) is 6.26. The summed E-state index contributed by atoms with van der Waals surface area (Å²) in [6.45, 7) is 3.73. The average Bonchev–Trinajstić information content (AvgIpc) is 2.69. The predicted molar refractivity (Wildman–Crippen MR) is 108 cm³/mol. The van der Waals surface area contributed by atoms with Crippen molar-refractivity contribution < 1.29 is 22.7 Å². The fourth-order valence-electron chi connectivity index (χ4n) is 2.75. The van der Waals surface area contributed by atoms with Crippen LogP contribution >= 0.6 is 11.6 Å². The fraction of sp³-hybridized carbons (Fsp3) is 0.190. The summed E-state index contributed by atoms with van der Waals surface area (Å²) in [5.74, 6) is 0.0359. The molecule has 0 bridgehead atoms. The summed E-state index contributed by atoms with van der Waals surface area (Å²) in [7, 11) is 0. The maximum Gasteiger partial charge on any atom is 0.433 e. The van der Waals surface area contributed by atoms with Crippen molar-refractivity contribution in [2.45, 2.75) is 20.0 Å². The van der Waals surface area contributed by atoms with E-state index in [-0.39, 0.29) is 11.3 Å². The van der Waals surface area contributed by atoms with Gasteiger partial charge < -0.3 is 10.1 Å². The Bertz CT molecular complexity index is 1070. The molecule has 3 aromatic rings. The van der Waals surface area contributed by atoms with E-state index in [0.717, 1.165) is 12.1 Å². The van der Waals surface area contributed by atoms with E-state index in [0.29, 0.717) is 34.3 Å². The molecule has 0 aliphatic heterocycles. The lowest BCUT2D eigenvalue weighted by Gasteiger charge is -2.12. The van der Waals surface area contributed by atoms with Gasteiger partial charge in [0.05, 0.1) is 34.8 Å². The van der Waals surface area contributed by atoms with Crippen LogP contribution in [0.4, 0.5) is 18.9 Å². The van der Waals surface area contributed by atoms with Gasteiger partial charge in [-0.15, -0.1) is 0 Å². The van der Waals surface area contributed by atoms with E-state index in [9.17, 15) is 18.0 Å². The molecule has 0 saturated carbocycles. The topological polar surface area (TPSA) is 64.1 Å². The SMILES string of the molecule is CCOc1ccc(-c2cc(NC(=O)c3ccc(C(F)(F)F)nc3C)ccc2Cl)nc1. The largest absolute Gasteiger partial charge is 0.492 e. The minimum Gasteiger partial charge on any atom is -0.492 e. The molecule has 0 saturated heterocycles. The number of hydrogen-bond donors (Lipinski definition) is 1. The van der Waals surface area contributed by atoms with E-state index in [4.69, 9.17) is 16.3 Å². The van der Waals surface area contributed by atoms with Gasteiger partial charge in [-0.05, 0) is 56.3 Å². The molecule has 0 atom stereocenters. The van der Waals surface area contributed by atoms with Gasteiger partial charge >= 0.3 is 6.18 Å². The zero-order valence-electron chi connectivity index (χ0n) is 16.0. The third-order valence-electron chi connectivity index (χ3n) is 4.17. The smallest absolute Gasteiger partial charge is 0.433 e. The van der Waals surface area contributed by atoms with Crippen LogP contribution in [0.25, 0.3) is 11.3 Å². The number of nitrogens with zero attached hydrogens (tertiary/aromatic N) is 2. The van der Waals surface area contributed by atoms with E-state index in [1.54, 1.807) is 36.5 Å². The first-order chi connectivity index (χ1) is 14.2. The van der Waals surface area contributed by atoms with Crippen LogP contribution in [-0.2, 0) is 6.18 Å². The van der Waals surface area contributed by atoms with Crippen molar-refractivity contribution >= 4 is 23.2 Å². The number of anilines is 1. The van der Waals surface area contributed by atoms with Crippen molar-refractivity contribution in [1.29, 1.82) is 0 Å². The van der Waals surface area contributed by atoms with Crippen molar-refractivity contribution in [2.24, 2.45) is 0 Å². The number of amides is 1. The first-order valence-electron chi connectivity index (χ1n) is 8.94. The van der Waals surface area contributed by atoms with E-state index < -0.39 is 17.8 Å². The number of aromatic nitrogens is 2. The highest BCUT2D eigenvalue weighted by atomic mass is 35.5. The van der Waals surface area contributed by atoms with Crippen LogP contribution in [0.15, 0.2) is 48.7 Å². The van der Waals surface area contributed by atoms with Gasteiger partial charge in [-0.2, -0.15) is 13.2 Å². The second kappa shape index (κ2) is 8.71. The molecular weight excluding hydrogens is 419 g/mol. The van der Waals surface area contributed by atoms with E-state index in [2.05, 4.69) is 15.3 Å². The standard InChI is InChI=1S/C21H17ClF3N3O2/c1-3-30-14-5-8-18(26-11-14)16-10-13(4-7-17(16)22)28-20(29)15-6-9-19(21(23,24)25)27-12(15)2/h4-11H,3H2,1-2H3,(H,28,29). The Labute approximate surface area is 175 Å². The highest BCUT2D eigenvalue weighted by molar-refractivity contribution is 6.33. The van der Waals surface area contributed by atoms with Crippen LogP contribution in [0.1, 0.15) is 28.7 Å². The molecule has 9 heteroatoms. The van der Waals surface area contributed by atoms with E-state index in [1.165, 1.54) is 6.92 Å². The van der Waals surface area contributed by atoms with Crippen LogP contribution < -0.4 is 10.1 Å². The number of aryl methyl sites for hydroxylation is 1. The number of pyridine rings is 2. The van der Waals surface area contributed by atoms with Gasteiger partial charge in [0.15, 0.2) is 0 Å². The van der Waals surface area contributed by atoms with Gasteiger partial charge in [0, 0.05) is 11.3 Å². The van der Waals surface area contributed by atoms with E-state index >= 15 is 0 Å². The summed E-state index contributed by atoms with van der Waals surface area (Å²) in [6, 6.07) is 10.2. The normalized spacial score (nSPS) is 11.3. The number of carbonyl (C=O) groups is 1. The Balaban J connectivity index is 1.84. The molecule has 1 N–H and O–H groups in total. The lowest BCUT2D eigenvalue weighted by molar-refractivity contribution is -0.141. The molecule has 1 amide bonds. The summed E-state index contributed by atoms with van der Waals surface area (Å²) in [5.41, 5.74) is 0.538. The molecule has 5 nitrogen and oxygen atoms in total. The van der Waals surface area contributed by atoms with Gasteiger partial charge in [-0.3, -0.25) is 9.78 Å². The first kappa shape index (κ1) is 21.6. The first-order valence-corrected chi connectivity index (χ1v) is 9.32. The second-order valence-corrected chi connectivity index (χ2v) is 6.70. The van der Waals surface area contributed by atoms with Crippen molar-refractivity contribution in [3.8, 4) is 17.0 Å². The number of ether oxygens (including phenoxy) is 1. The Morgan fingerprint density at radius 1 is 1.17 bits per heavy atom. The highest BCUT2D eigenvalue weighted by Gasteiger charge is 2.33. The molecule has 30 heavy (non-hydrogen) atoms. The number of nitrogens with one attached hydrogen (secondary N) is 1. The average molecular weight is 436 g/mol. The lowest BCUT2D eigenvalue weighted by atomic mass is 10.1. The zero-order valence-corrected chi connectivity index (χ0v) is 16.8. The van der Waals surface area contributed by atoms with E-state index in [1.807, 2.05) is 6.92 Å². The summed E-state index contributed by atoms with van der Waals surface area (Å²) >= 11 is 6.27. The van der Waals surface area contributed by atoms with Crippen molar-refractivity contribution in [1.82, 2.24) is 9.97 Å². The van der Waals surface area contributed by atoms with Crippen LogP contribution in [0, 0.1) is 6.92 Å². The van der Waals surface area contributed by atoms with Gasteiger partial charge in [0.25, 0.3) is 5.91 Å². The molecule has 0 radical (unpaired) electrons. The summed E-state index contributed by atoms with van der Waals surface area (Å²) < 4.78 is 43.7. The third kappa shape index (κ3) is 4.88. The summed E-state index contributed by atoms with van der Waals surface area (Å²) in [4.78, 5) is 20.3. The third-order valence-corrected chi connectivity index (χ3v) is 4.50. The Hall–Kier alpha value is -3.13. The maximum atomic E-state index is 12.8. The minimum absolute atomic E-state index is 0.0234. The molecule has 156 valence electrons. The number of hydrogen-bond acceptors (Lipinski definition) is 4. The number of alkyl halides is 3. The fourth-order valence-corrected chi connectivity index (χ4v) is 2.96. The molecule has 1 aromatic carbocycles. The van der Waals surface area contributed by atoms with Crippen molar-refractivity contribution in [3.05, 3.63) is 70.6 Å². The monoisotopic (exact) mass is 435 g/mol. The van der Waals surface area contributed by atoms with Gasteiger partial charge in [0.2, 0.25) is 0 Å². The molecule has 0 fully saturated rings. The van der Waals surface area contributed by atoms with Crippen LogP contribution in [-0.4, -0.2) is 22.5 Å². The Morgan fingerprint density at radius 3 is 2.53 bits per heavy atom. The van der Waals surface area contributed by atoms with Gasteiger partial charge in [-0.1, -0.05) is 11.6 Å². The summed E-state index contributed by atoms with van der Waals surface area (Å²) in [5, 5.41) is 3.08. The lowest BCUT2D eigenvalue weighted by Crippen LogP contribution is -2.16. The van der Waals surface area contributed by atoms with Gasteiger partial charge in [0.1, 0.15) is 11.4 Å². The van der Waals surface area contributed by atoms with Crippen LogP contribution in [0.3, 0.4) is 0 Å². The molecule has 2 aromatic heterocycles. The molecule has 0 unspecified atom stereocenters. The molecule has 0 spiro atoms. The molecular formula is C21H17ClF3N3O2. The highest BCUT2D eigenvalue weighted by Crippen LogP contribution is 2.31. The minimum atomic E-state index is -4.57. The number of rotatable bonds is 5. The number of halogens is 4. The number of carbonyl (C=O) groups excluding carboxylic acids is 1. The van der Waals surface area contributed by atoms with Crippen LogP contribution in [0.2, 0.25) is 5.02 Å². The second-order valence-electron chi connectivity index (χ2n) is 6.29. The molecule has 0 aliphatic carbocycles. The quantitative estimate of drug-likeness (QED) is 0.552. The Morgan fingerprint density at radius 2 is 1.93 bits per heavy atom. The van der Waals surface area contributed by atoms with Crippen molar-refractivity contribution in [3.63, 3.8) is 0 Å². The zero-order chi connectivity index (χ0) is 21.9.